The molecule has 0 amide bonds. The van der Waals surface area contributed by atoms with Crippen LogP contribution in [0.15, 0.2) is 36.7 Å². The third-order valence-electron chi connectivity index (χ3n) is 3.46. The molecule has 0 unspecified atom stereocenters. The quantitative estimate of drug-likeness (QED) is 0.658. The summed E-state index contributed by atoms with van der Waals surface area (Å²) in [4.78, 5) is 4.67. The highest BCUT2D eigenvalue weighted by Crippen LogP contribution is 2.22. The number of imidazole rings is 1. The Morgan fingerprint density at radius 1 is 1.29 bits per heavy atom. The van der Waals surface area contributed by atoms with Crippen LogP contribution in [0.1, 0.15) is 5.82 Å². The summed E-state index contributed by atoms with van der Waals surface area (Å²) >= 11 is 5.90. The van der Waals surface area contributed by atoms with Crippen LogP contribution in [-0.4, -0.2) is 32.3 Å². The molecule has 0 spiro atoms. The van der Waals surface area contributed by atoms with Crippen LogP contribution < -0.4 is 4.74 Å². The number of aryl methyl sites for hydroxylation is 3. The van der Waals surface area contributed by atoms with Crippen molar-refractivity contribution in [2.45, 2.75) is 19.5 Å². The first-order valence-corrected chi connectivity index (χ1v) is 7.42. The third-order valence-corrected chi connectivity index (χ3v) is 3.65. The Bertz CT molecular complexity index is 721. The van der Waals surface area contributed by atoms with Crippen molar-refractivity contribution in [3.05, 3.63) is 42.5 Å². The minimum absolute atomic E-state index is 0.558. The van der Waals surface area contributed by atoms with Crippen LogP contribution >= 0.6 is 11.6 Å². The number of benzene rings is 1. The van der Waals surface area contributed by atoms with Gasteiger partial charge in [0.15, 0.2) is 0 Å². The summed E-state index contributed by atoms with van der Waals surface area (Å²) in [5.41, 5.74) is 2.04. The lowest BCUT2D eigenvalue weighted by molar-refractivity contribution is 0.415. The molecule has 2 heterocycles. The summed E-state index contributed by atoms with van der Waals surface area (Å²) in [6, 6.07) is 7.85. The van der Waals surface area contributed by atoms with Crippen molar-refractivity contribution in [1.82, 2.24) is 19.3 Å². The van der Waals surface area contributed by atoms with Crippen LogP contribution in [0.3, 0.4) is 0 Å². The van der Waals surface area contributed by atoms with Gasteiger partial charge in [-0.2, -0.15) is 5.10 Å². The van der Waals surface area contributed by atoms with Crippen molar-refractivity contribution in [1.29, 1.82) is 0 Å². The second-order valence-corrected chi connectivity index (χ2v) is 5.12. The number of ether oxygens (including phenoxy) is 1. The molecule has 0 aliphatic carbocycles. The second kappa shape index (κ2) is 6.18. The standard InChI is InChI=1S/C15H17ClN4O/c1-21-12-3-4-13-14(11-12)20(15(18-13)5-6-16)10-9-19-8-2-7-17-19/h2-4,7-8,11H,5-6,9-10H2,1H3. The Kier molecular flexibility index (Phi) is 4.10. The van der Waals surface area contributed by atoms with Crippen molar-refractivity contribution in [3.63, 3.8) is 0 Å². The summed E-state index contributed by atoms with van der Waals surface area (Å²) in [5, 5.41) is 4.24. The zero-order valence-corrected chi connectivity index (χ0v) is 12.6. The summed E-state index contributed by atoms with van der Waals surface area (Å²) in [7, 11) is 1.67. The van der Waals surface area contributed by atoms with E-state index in [9.17, 15) is 0 Å². The number of methoxy groups -OCH3 is 1. The Labute approximate surface area is 128 Å². The molecule has 0 radical (unpaired) electrons. The highest BCUT2D eigenvalue weighted by Gasteiger charge is 2.11. The second-order valence-electron chi connectivity index (χ2n) is 4.74. The predicted octanol–water partition coefficient (Wildman–Crippen LogP) is 2.72. The number of hydrogen-bond donors (Lipinski definition) is 0. The molecule has 6 heteroatoms. The average molecular weight is 305 g/mol. The maximum absolute atomic E-state index is 5.90. The fraction of sp³-hybridized carbons (Fsp3) is 0.333. The molecule has 0 aliphatic rings. The van der Waals surface area contributed by atoms with E-state index in [-0.39, 0.29) is 0 Å². The molecule has 110 valence electrons. The molecule has 0 atom stereocenters. The monoisotopic (exact) mass is 304 g/mol. The van der Waals surface area contributed by atoms with Crippen molar-refractivity contribution >= 4 is 22.6 Å². The van der Waals surface area contributed by atoms with Gasteiger partial charge in [0.2, 0.25) is 0 Å². The molecule has 3 aromatic rings. The molecule has 0 saturated heterocycles. The lowest BCUT2D eigenvalue weighted by Crippen LogP contribution is -2.11. The van der Waals surface area contributed by atoms with Gasteiger partial charge in [-0.15, -0.1) is 11.6 Å². The summed E-state index contributed by atoms with van der Waals surface area (Å²) < 4.78 is 9.42. The van der Waals surface area contributed by atoms with Gasteiger partial charge in [0.05, 0.1) is 24.7 Å². The Hall–Kier alpha value is -2.01. The summed E-state index contributed by atoms with van der Waals surface area (Å²) in [6.07, 6.45) is 4.49. The zero-order chi connectivity index (χ0) is 14.7. The minimum atomic E-state index is 0.558. The largest absolute Gasteiger partial charge is 0.497 e. The smallest absolute Gasteiger partial charge is 0.121 e. The average Bonchev–Trinajstić information content (AvgIpc) is 3.12. The topological polar surface area (TPSA) is 44.9 Å². The van der Waals surface area contributed by atoms with E-state index in [1.165, 1.54) is 0 Å². The van der Waals surface area contributed by atoms with Crippen LogP contribution in [0.25, 0.3) is 11.0 Å². The molecule has 5 nitrogen and oxygen atoms in total. The van der Waals surface area contributed by atoms with Crippen LogP contribution in [-0.2, 0) is 19.5 Å². The van der Waals surface area contributed by atoms with Crippen LogP contribution in [0.2, 0.25) is 0 Å². The first-order chi connectivity index (χ1) is 10.3. The summed E-state index contributed by atoms with van der Waals surface area (Å²) in [6.45, 7) is 1.60. The van der Waals surface area contributed by atoms with Crippen molar-refractivity contribution in [2.24, 2.45) is 0 Å². The molecule has 0 aliphatic heterocycles. The molecular formula is C15H17ClN4O. The van der Waals surface area contributed by atoms with Gasteiger partial charge >= 0.3 is 0 Å². The van der Waals surface area contributed by atoms with Crippen LogP contribution in [0.4, 0.5) is 0 Å². The van der Waals surface area contributed by atoms with E-state index in [1.807, 2.05) is 35.1 Å². The number of nitrogens with zero attached hydrogens (tertiary/aromatic N) is 4. The van der Waals surface area contributed by atoms with Gasteiger partial charge in [-0.3, -0.25) is 4.68 Å². The number of hydrogen-bond acceptors (Lipinski definition) is 3. The number of aromatic nitrogens is 4. The van der Waals surface area contributed by atoms with E-state index in [1.54, 1.807) is 13.3 Å². The molecular weight excluding hydrogens is 288 g/mol. The Balaban J connectivity index is 1.97. The molecule has 0 fully saturated rings. The van der Waals surface area contributed by atoms with E-state index in [0.717, 1.165) is 42.1 Å². The van der Waals surface area contributed by atoms with E-state index in [0.29, 0.717) is 5.88 Å². The number of halogens is 1. The normalized spacial score (nSPS) is 11.1. The SMILES string of the molecule is COc1ccc2nc(CCCl)n(CCn3cccn3)c2c1. The van der Waals surface area contributed by atoms with Gasteiger partial charge < -0.3 is 9.30 Å². The van der Waals surface area contributed by atoms with Crippen LogP contribution in [0, 0.1) is 0 Å². The third kappa shape index (κ3) is 2.88. The predicted molar refractivity (Wildman–Crippen MR) is 82.9 cm³/mol. The van der Waals surface area contributed by atoms with Crippen LogP contribution in [0.5, 0.6) is 5.75 Å². The summed E-state index contributed by atoms with van der Waals surface area (Å²) in [5.74, 6) is 2.39. The first-order valence-electron chi connectivity index (χ1n) is 6.88. The highest BCUT2D eigenvalue weighted by atomic mass is 35.5. The van der Waals surface area contributed by atoms with E-state index < -0.39 is 0 Å². The van der Waals surface area contributed by atoms with Gasteiger partial charge in [-0.25, -0.2) is 4.98 Å². The molecule has 0 saturated carbocycles. The molecule has 1 aromatic carbocycles. The van der Waals surface area contributed by atoms with E-state index >= 15 is 0 Å². The number of alkyl halides is 1. The maximum atomic E-state index is 5.90. The lowest BCUT2D eigenvalue weighted by atomic mass is 10.3. The van der Waals surface area contributed by atoms with Gasteiger partial charge in [0, 0.05) is 37.3 Å². The molecule has 0 bridgehead atoms. The van der Waals surface area contributed by atoms with Crippen molar-refractivity contribution in [3.8, 4) is 5.75 Å². The van der Waals surface area contributed by atoms with Crippen molar-refractivity contribution in [2.75, 3.05) is 13.0 Å². The van der Waals surface area contributed by atoms with Crippen molar-refractivity contribution < 1.29 is 4.74 Å². The Morgan fingerprint density at radius 3 is 2.90 bits per heavy atom. The highest BCUT2D eigenvalue weighted by molar-refractivity contribution is 6.17. The number of rotatable bonds is 6. The maximum Gasteiger partial charge on any atom is 0.121 e. The molecule has 2 aromatic heterocycles. The van der Waals surface area contributed by atoms with E-state index in [4.69, 9.17) is 16.3 Å². The fourth-order valence-electron chi connectivity index (χ4n) is 2.44. The van der Waals surface area contributed by atoms with Gasteiger partial charge in [-0.1, -0.05) is 0 Å². The molecule has 21 heavy (non-hydrogen) atoms. The number of fused-ring (bicyclic) bond motifs is 1. The molecule has 3 rings (SSSR count). The molecule has 0 N–H and O–H groups in total. The van der Waals surface area contributed by atoms with Gasteiger partial charge in [0.25, 0.3) is 0 Å². The zero-order valence-electron chi connectivity index (χ0n) is 11.9. The minimum Gasteiger partial charge on any atom is -0.497 e. The van der Waals surface area contributed by atoms with Gasteiger partial charge in [-0.05, 0) is 18.2 Å². The fourth-order valence-corrected chi connectivity index (χ4v) is 2.61. The van der Waals surface area contributed by atoms with Gasteiger partial charge in [0.1, 0.15) is 11.6 Å². The lowest BCUT2D eigenvalue weighted by Gasteiger charge is -2.09. The van der Waals surface area contributed by atoms with E-state index in [2.05, 4.69) is 14.6 Å². The first kappa shape index (κ1) is 13.9. The Morgan fingerprint density at radius 2 is 2.19 bits per heavy atom.